The van der Waals surface area contributed by atoms with Crippen molar-refractivity contribution < 1.29 is 32.2 Å². The Morgan fingerprint density at radius 3 is 2.40 bits per heavy atom. The molecule has 2 atom stereocenters. The third-order valence-corrected chi connectivity index (χ3v) is 5.92. The van der Waals surface area contributed by atoms with Crippen LogP contribution in [-0.4, -0.2) is 35.3 Å². The van der Waals surface area contributed by atoms with Gasteiger partial charge in [0.25, 0.3) is 0 Å². The lowest BCUT2D eigenvalue weighted by atomic mass is 9.76. The number of rotatable bonds is 5. The Balaban J connectivity index is 2.02. The van der Waals surface area contributed by atoms with Crippen LogP contribution >= 0.6 is 0 Å². The van der Waals surface area contributed by atoms with Crippen LogP contribution in [0.4, 0.5) is 17.6 Å². The molecule has 5 N–H and O–H groups in total. The Hall–Kier alpha value is -2.72. The molecule has 1 amide bonds. The highest BCUT2D eigenvalue weighted by atomic mass is 19.4. The monoisotopic (exact) mass is 425 g/mol. The average molecular weight is 425 g/mol. The van der Waals surface area contributed by atoms with Crippen LogP contribution in [-0.2, 0) is 15.8 Å². The maximum Gasteiger partial charge on any atom is 0.424 e. The fourth-order valence-electron chi connectivity index (χ4n) is 3.97. The second-order valence-electron chi connectivity index (χ2n) is 7.70. The van der Waals surface area contributed by atoms with Gasteiger partial charge in [-0.1, -0.05) is 0 Å². The number of hydrogen-bond acceptors (Lipinski definition) is 5. The number of hydrogen-bond donors (Lipinski definition) is 3. The Morgan fingerprint density at radius 1 is 1.27 bits per heavy atom. The van der Waals surface area contributed by atoms with Crippen LogP contribution in [0.25, 0.3) is 11.3 Å². The first-order valence-corrected chi connectivity index (χ1v) is 9.28. The van der Waals surface area contributed by atoms with Crippen molar-refractivity contribution in [2.24, 2.45) is 17.4 Å². The van der Waals surface area contributed by atoms with Crippen molar-refractivity contribution in [3.05, 3.63) is 47.4 Å². The van der Waals surface area contributed by atoms with Gasteiger partial charge in [0.05, 0.1) is 5.69 Å². The van der Waals surface area contributed by atoms with E-state index in [1.165, 1.54) is 12.1 Å². The number of fused-ring (bicyclic) bond motifs is 1. The molecule has 2 heterocycles. The summed E-state index contributed by atoms with van der Waals surface area (Å²) in [4.78, 5) is 16.5. The number of primary amides is 1. The number of pyridine rings is 1. The maximum atomic E-state index is 13.7. The summed E-state index contributed by atoms with van der Waals surface area (Å²) >= 11 is 0. The molecule has 1 aromatic heterocycles. The molecular weight excluding hydrogens is 406 g/mol. The lowest BCUT2D eigenvalue weighted by molar-refractivity contribution is -0.263. The summed E-state index contributed by atoms with van der Waals surface area (Å²) in [7, 11) is 0. The van der Waals surface area contributed by atoms with Gasteiger partial charge in [-0.2, -0.15) is 13.2 Å². The number of alkyl halides is 3. The molecule has 2 aromatic rings. The summed E-state index contributed by atoms with van der Waals surface area (Å²) in [6, 6.07) is 5.89. The van der Waals surface area contributed by atoms with E-state index >= 15 is 0 Å². The minimum atomic E-state index is -5.13. The summed E-state index contributed by atoms with van der Waals surface area (Å²) in [5.74, 6) is -1.37. The van der Waals surface area contributed by atoms with Gasteiger partial charge in [0.15, 0.2) is 0 Å². The van der Waals surface area contributed by atoms with Crippen molar-refractivity contribution in [3.8, 4) is 17.0 Å². The quantitative estimate of drug-likeness (QED) is 0.636. The molecule has 0 bridgehead atoms. The number of benzene rings is 1. The Bertz CT molecular complexity index is 1010. The number of nitrogens with zero attached hydrogens (tertiary/aromatic N) is 1. The van der Waals surface area contributed by atoms with Gasteiger partial charge < -0.3 is 21.3 Å². The summed E-state index contributed by atoms with van der Waals surface area (Å²) < 4.78 is 60.2. The molecule has 4 rings (SSSR count). The smallest absolute Gasteiger partial charge is 0.424 e. The first-order chi connectivity index (χ1) is 14.0. The molecule has 10 heteroatoms. The normalized spacial score (nSPS) is 22.9. The molecule has 0 saturated heterocycles. The van der Waals surface area contributed by atoms with Crippen molar-refractivity contribution in [1.29, 1.82) is 0 Å². The van der Waals surface area contributed by atoms with E-state index in [-0.39, 0.29) is 35.1 Å². The van der Waals surface area contributed by atoms with E-state index in [9.17, 15) is 27.5 Å². The standard InChI is InChI=1S/C20H19F4N3O3/c21-12-5-1-10(2-6-12)15-16-13(18(9-30-16,17(26)28)11-3-4-11)7-14(27-15)19(29,8-25)20(22,23)24/h1-2,5-7,11,29H,3-4,8-9,25H2,(H2,26,28). The van der Waals surface area contributed by atoms with Crippen LogP contribution in [0.5, 0.6) is 5.75 Å². The number of halogens is 4. The molecule has 1 fully saturated rings. The number of aliphatic hydroxyl groups is 1. The summed E-state index contributed by atoms with van der Waals surface area (Å²) in [6.07, 6.45) is -3.80. The number of aromatic nitrogens is 1. The highest BCUT2D eigenvalue weighted by Gasteiger charge is 2.60. The van der Waals surface area contributed by atoms with Crippen LogP contribution in [0.3, 0.4) is 0 Å². The van der Waals surface area contributed by atoms with Gasteiger partial charge in [-0.25, -0.2) is 9.37 Å². The zero-order chi connectivity index (χ0) is 21.9. The van der Waals surface area contributed by atoms with E-state index in [0.717, 1.165) is 18.2 Å². The van der Waals surface area contributed by atoms with E-state index in [0.29, 0.717) is 12.8 Å². The summed E-state index contributed by atoms with van der Waals surface area (Å²) in [5, 5.41) is 10.4. The van der Waals surface area contributed by atoms with Crippen LogP contribution in [0.2, 0.25) is 0 Å². The number of carbonyl (C=O) groups excluding carboxylic acids is 1. The predicted octanol–water partition coefficient (Wildman–Crippen LogP) is 2.12. The van der Waals surface area contributed by atoms with E-state index < -0.39 is 41.2 Å². The molecule has 1 aliphatic carbocycles. The van der Waals surface area contributed by atoms with E-state index in [4.69, 9.17) is 16.2 Å². The van der Waals surface area contributed by atoms with E-state index in [2.05, 4.69) is 4.98 Å². The lowest BCUT2D eigenvalue weighted by Crippen LogP contribution is -2.49. The molecule has 1 aromatic carbocycles. The molecule has 0 radical (unpaired) electrons. The summed E-state index contributed by atoms with van der Waals surface area (Å²) in [6.45, 7) is -1.33. The molecule has 1 saturated carbocycles. The van der Waals surface area contributed by atoms with Gasteiger partial charge in [-0.15, -0.1) is 0 Å². The third-order valence-electron chi connectivity index (χ3n) is 5.92. The SMILES string of the molecule is NCC(O)(c1cc2c(c(-c3ccc(F)cc3)n1)OCC2(C(N)=O)C1CC1)C(F)(F)F. The topological polar surface area (TPSA) is 111 Å². The lowest BCUT2D eigenvalue weighted by Gasteiger charge is -2.30. The molecule has 2 aliphatic rings. The van der Waals surface area contributed by atoms with Gasteiger partial charge >= 0.3 is 6.18 Å². The van der Waals surface area contributed by atoms with Crippen LogP contribution in [0, 0.1) is 11.7 Å². The molecule has 6 nitrogen and oxygen atoms in total. The van der Waals surface area contributed by atoms with Gasteiger partial charge in [0, 0.05) is 17.7 Å². The summed E-state index contributed by atoms with van der Waals surface area (Å²) in [5.41, 5.74) is 5.76. The molecule has 2 unspecified atom stereocenters. The highest BCUT2D eigenvalue weighted by molar-refractivity contribution is 5.91. The number of amides is 1. The van der Waals surface area contributed by atoms with Gasteiger partial charge in [0.2, 0.25) is 11.5 Å². The van der Waals surface area contributed by atoms with Crippen LogP contribution in [0.15, 0.2) is 30.3 Å². The Morgan fingerprint density at radius 2 is 1.90 bits per heavy atom. The van der Waals surface area contributed by atoms with E-state index in [1.54, 1.807) is 0 Å². The number of carbonyl (C=O) groups is 1. The van der Waals surface area contributed by atoms with Crippen LogP contribution < -0.4 is 16.2 Å². The van der Waals surface area contributed by atoms with Crippen molar-refractivity contribution in [3.63, 3.8) is 0 Å². The van der Waals surface area contributed by atoms with Crippen LogP contribution in [0.1, 0.15) is 24.1 Å². The average Bonchev–Trinajstić information content (AvgIpc) is 3.47. The second kappa shape index (κ2) is 6.64. The van der Waals surface area contributed by atoms with Crippen molar-refractivity contribution >= 4 is 5.91 Å². The minimum absolute atomic E-state index is 0.0533. The fourth-order valence-corrected chi connectivity index (χ4v) is 3.97. The van der Waals surface area contributed by atoms with Gasteiger partial charge in [-0.3, -0.25) is 4.79 Å². The highest BCUT2D eigenvalue weighted by Crippen LogP contribution is 2.56. The van der Waals surface area contributed by atoms with Gasteiger partial charge in [0.1, 0.15) is 29.3 Å². The Kier molecular flexibility index (Phi) is 4.55. The zero-order valence-corrected chi connectivity index (χ0v) is 15.7. The molecule has 1 aliphatic heterocycles. The largest absolute Gasteiger partial charge is 0.489 e. The number of ether oxygens (including phenoxy) is 1. The molecule has 0 spiro atoms. The molecule has 30 heavy (non-hydrogen) atoms. The zero-order valence-electron chi connectivity index (χ0n) is 15.7. The first kappa shape index (κ1) is 20.5. The maximum absolute atomic E-state index is 13.7. The van der Waals surface area contributed by atoms with Crippen molar-refractivity contribution in [1.82, 2.24) is 4.98 Å². The number of nitrogens with two attached hydrogens (primary N) is 2. The third kappa shape index (κ3) is 2.85. The minimum Gasteiger partial charge on any atom is -0.489 e. The first-order valence-electron chi connectivity index (χ1n) is 9.28. The van der Waals surface area contributed by atoms with E-state index in [1.807, 2.05) is 0 Å². The predicted molar refractivity (Wildman–Crippen MR) is 97.7 cm³/mol. The molecule has 160 valence electrons. The molecular formula is C20H19F4N3O3. The Labute approximate surface area is 168 Å². The fraction of sp³-hybridized carbons (Fsp3) is 0.400. The van der Waals surface area contributed by atoms with Crippen molar-refractivity contribution in [2.45, 2.75) is 30.0 Å². The van der Waals surface area contributed by atoms with Crippen molar-refractivity contribution in [2.75, 3.05) is 13.2 Å². The van der Waals surface area contributed by atoms with Gasteiger partial charge in [-0.05, 0) is 49.1 Å². The second-order valence-corrected chi connectivity index (χ2v) is 7.70.